The van der Waals surface area contributed by atoms with Gasteiger partial charge in [-0.25, -0.2) is 4.98 Å². The Hall–Kier alpha value is -3.20. The maximum Gasteiger partial charge on any atom is 0.276 e. The maximum absolute atomic E-state index is 14.3. The van der Waals surface area contributed by atoms with E-state index in [9.17, 15) is 14.4 Å². The van der Waals surface area contributed by atoms with Crippen LogP contribution in [0.4, 0.5) is 5.69 Å². The summed E-state index contributed by atoms with van der Waals surface area (Å²) in [5.41, 5.74) is 1.10. The number of aromatic nitrogens is 1. The predicted octanol–water partition coefficient (Wildman–Crippen LogP) is 1.67. The van der Waals surface area contributed by atoms with Crippen LogP contribution in [0.3, 0.4) is 0 Å². The van der Waals surface area contributed by atoms with Gasteiger partial charge in [0.05, 0.1) is 5.92 Å². The third kappa shape index (κ3) is 2.89. The number of aryl methyl sites for hydroxylation is 1. The van der Waals surface area contributed by atoms with Crippen LogP contribution in [0.25, 0.3) is 0 Å². The van der Waals surface area contributed by atoms with Gasteiger partial charge in [-0.2, -0.15) is 0 Å². The Kier molecular flexibility index (Phi) is 4.98. The molecule has 34 heavy (non-hydrogen) atoms. The van der Waals surface area contributed by atoms with Gasteiger partial charge >= 0.3 is 0 Å². The number of hydrogen-bond donors (Lipinski definition) is 1. The predicted molar refractivity (Wildman–Crippen MR) is 123 cm³/mol. The van der Waals surface area contributed by atoms with Gasteiger partial charge < -0.3 is 19.5 Å². The molecule has 9 nitrogen and oxygen atoms in total. The zero-order chi connectivity index (χ0) is 23.4. The third-order valence-corrected chi connectivity index (χ3v) is 8.07. The van der Waals surface area contributed by atoms with Crippen LogP contribution in [0.1, 0.15) is 47.5 Å². The summed E-state index contributed by atoms with van der Waals surface area (Å²) in [6.07, 6.45) is 4.66. The molecule has 1 spiro atoms. The first-order valence-electron chi connectivity index (χ1n) is 12.2. The minimum Gasteiger partial charge on any atom is -0.448 e. The first-order chi connectivity index (χ1) is 16.5. The molecule has 1 aromatic heterocycles. The van der Waals surface area contributed by atoms with E-state index < -0.39 is 11.5 Å². The Balaban J connectivity index is 1.41. The van der Waals surface area contributed by atoms with Crippen molar-refractivity contribution in [1.29, 1.82) is 0 Å². The molecule has 1 aromatic carbocycles. The number of amides is 3. The first-order valence-corrected chi connectivity index (χ1v) is 12.2. The summed E-state index contributed by atoms with van der Waals surface area (Å²) in [5.74, 6) is -0.261. The second-order valence-electron chi connectivity index (χ2n) is 9.71. The molecule has 9 heteroatoms. The van der Waals surface area contributed by atoms with Crippen LogP contribution < -0.4 is 10.2 Å². The van der Waals surface area contributed by atoms with Crippen LogP contribution in [-0.2, 0) is 15.1 Å². The van der Waals surface area contributed by atoms with Crippen LogP contribution in [0.15, 0.2) is 35.1 Å². The van der Waals surface area contributed by atoms with Crippen molar-refractivity contribution < 1.29 is 18.8 Å². The summed E-state index contributed by atoms with van der Waals surface area (Å²) >= 11 is 0. The van der Waals surface area contributed by atoms with Crippen molar-refractivity contribution in [2.75, 3.05) is 37.6 Å². The highest BCUT2D eigenvalue weighted by Crippen LogP contribution is 2.56. The lowest BCUT2D eigenvalue weighted by atomic mass is 9.78. The van der Waals surface area contributed by atoms with Crippen LogP contribution in [0.5, 0.6) is 0 Å². The Bertz CT molecular complexity index is 1160. The zero-order valence-electron chi connectivity index (χ0n) is 19.3. The fraction of sp³-hybridized carbons (Fsp3) is 0.520. The molecule has 2 aromatic rings. The molecule has 0 unspecified atom stereocenters. The molecule has 5 heterocycles. The highest BCUT2D eigenvalue weighted by atomic mass is 16.3. The lowest BCUT2D eigenvalue weighted by Gasteiger charge is -2.37. The summed E-state index contributed by atoms with van der Waals surface area (Å²) in [4.78, 5) is 51.0. The molecule has 4 aliphatic heterocycles. The molecule has 0 aliphatic carbocycles. The van der Waals surface area contributed by atoms with E-state index in [1.807, 2.05) is 24.3 Å². The van der Waals surface area contributed by atoms with Gasteiger partial charge in [-0.3, -0.25) is 19.3 Å². The second-order valence-corrected chi connectivity index (χ2v) is 9.71. The van der Waals surface area contributed by atoms with E-state index in [2.05, 4.69) is 15.2 Å². The van der Waals surface area contributed by atoms with Gasteiger partial charge in [-0.15, -0.1) is 0 Å². The normalized spacial score (nSPS) is 29.2. The molecule has 3 fully saturated rings. The van der Waals surface area contributed by atoms with Crippen LogP contribution >= 0.6 is 0 Å². The number of nitrogens with one attached hydrogen (secondary N) is 1. The number of anilines is 1. The van der Waals surface area contributed by atoms with Crippen LogP contribution in [-0.4, -0.2) is 71.3 Å². The van der Waals surface area contributed by atoms with Crippen LogP contribution in [0.2, 0.25) is 0 Å². The average Bonchev–Trinajstić information content (AvgIpc) is 3.58. The van der Waals surface area contributed by atoms with E-state index >= 15 is 0 Å². The lowest BCUT2D eigenvalue weighted by molar-refractivity contribution is -0.139. The van der Waals surface area contributed by atoms with Crippen molar-refractivity contribution in [3.05, 3.63) is 47.7 Å². The van der Waals surface area contributed by atoms with Crippen molar-refractivity contribution in [3.63, 3.8) is 0 Å². The molecule has 0 radical (unpaired) electrons. The highest BCUT2D eigenvalue weighted by molar-refractivity contribution is 6.11. The number of para-hydroxylation sites is 1. The van der Waals surface area contributed by atoms with Gasteiger partial charge in [0.25, 0.3) is 11.8 Å². The Labute approximate surface area is 198 Å². The van der Waals surface area contributed by atoms with E-state index in [0.717, 1.165) is 30.6 Å². The molecule has 6 rings (SSSR count). The van der Waals surface area contributed by atoms with Gasteiger partial charge in [0.2, 0.25) is 5.91 Å². The smallest absolute Gasteiger partial charge is 0.276 e. The number of benzene rings is 1. The number of carbonyl (C=O) groups excluding carboxylic acids is 3. The van der Waals surface area contributed by atoms with Crippen molar-refractivity contribution in [2.45, 2.75) is 44.2 Å². The van der Waals surface area contributed by atoms with E-state index in [4.69, 9.17) is 4.42 Å². The molecule has 178 valence electrons. The van der Waals surface area contributed by atoms with E-state index in [1.54, 1.807) is 16.7 Å². The van der Waals surface area contributed by atoms with E-state index in [0.29, 0.717) is 44.8 Å². The number of carbonyl (C=O) groups is 3. The van der Waals surface area contributed by atoms with Crippen molar-refractivity contribution in [3.8, 4) is 0 Å². The maximum atomic E-state index is 14.3. The molecule has 2 bridgehead atoms. The molecule has 3 atom stereocenters. The van der Waals surface area contributed by atoms with Crippen molar-refractivity contribution >= 4 is 23.4 Å². The molecule has 1 N–H and O–H groups in total. The minimum atomic E-state index is -0.960. The third-order valence-electron chi connectivity index (χ3n) is 8.07. The van der Waals surface area contributed by atoms with Crippen LogP contribution in [0, 0.1) is 12.8 Å². The standard InChI is InChI=1S/C25H29N5O4/c1-16-21(27-15-34-16)23(32)28-10-5-9-26-22(31)19-14-17-6-4-11-30(17)25(19)18-7-2-3-8-20(18)29(13-12-28)24(25)33/h2-3,7-8,15,17,19H,4-6,9-14H2,1H3,(H,26,31)/t17-,19+,25+/m0/s1. The fourth-order valence-electron chi connectivity index (χ4n) is 6.58. The first kappa shape index (κ1) is 21.3. The Morgan fingerprint density at radius 1 is 1.15 bits per heavy atom. The summed E-state index contributed by atoms with van der Waals surface area (Å²) < 4.78 is 5.24. The summed E-state index contributed by atoms with van der Waals surface area (Å²) in [6.45, 7) is 4.19. The van der Waals surface area contributed by atoms with Gasteiger partial charge in [0.1, 0.15) is 11.3 Å². The quantitative estimate of drug-likeness (QED) is 0.691. The number of rotatable bonds is 1. The zero-order valence-corrected chi connectivity index (χ0v) is 19.3. The largest absolute Gasteiger partial charge is 0.448 e. The van der Waals surface area contributed by atoms with E-state index in [-0.39, 0.29) is 29.5 Å². The molecule has 3 amide bonds. The number of nitrogens with zero attached hydrogens (tertiary/aromatic N) is 4. The van der Waals surface area contributed by atoms with E-state index in [1.165, 1.54) is 6.39 Å². The molecular weight excluding hydrogens is 434 g/mol. The molecular formula is C25H29N5O4. The second kappa shape index (κ2) is 7.94. The summed E-state index contributed by atoms with van der Waals surface area (Å²) in [7, 11) is 0. The summed E-state index contributed by atoms with van der Waals surface area (Å²) in [6, 6.07) is 8.11. The number of fused-ring (bicyclic) bond motifs is 4. The number of oxazole rings is 1. The number of hydrogen-bond acceptors (Lipinski definition) is 6. The van der Waals surface area contributed by atoms with Gasteiger partial charge in [-0.05, 0) is 45.2 Å². The van der Waals surface area contributed by atoms with Gasteiger partial charge in [0, 0.05) is 43.5 Å². The molecule has 0 saturated carbocycles. The lowest BCUT2D eigenvalue weighted by Crippen LogP contribution is -2.57. The Morgan fingerprint density at radius 3 is 2.82 bits per heavy atom. The highest BCUT2D eigenvalue weighted by Gasteiger charge is 2.67. The fourth-order valence-corrected chi connectivity index (χ4v) is 6.58. The Morgan fingerprint density at radius 2 is 2.00 bits per heavy atom. The van der Waals surface area contributed by atoms with Gasteiger partial charge in [0.15, 0.2) is 12.1 Å². The van der Waals surface area contributed by atoms with Crippen molar-refractivity contribution in [2.24, 2.45) is 5.92 Å². The summed E-state index contributed by atoms with van der Waals surface area (Å²) in [5, 5.41) is 3.09. The topological polar surface area (TPSA) is 99.0 Å². The minimum absolute atomic E-state index is 0.0381. The van der Waals surface area contributed by atoms with Crippen molar-refractivity contribution in [1.82, 2.24) is 20.1 Å². The van der Waals surface area contributed by atoms with Gasteiger partial charge in [-0.1, -0.05) is 18.2 Å². The SMILES string of the molecule is Cc1ocnc1C(=O)N1CCCNC(=O)[C@H]2C[C@@H]3CCCN3[C@@]23C(=O)N(CC1)c1ccccc13. The average molecular weight is 464 g/mol. The molecule has 3 saturated heterocycles. The molecule has 4 aliphatic rings. The monoisotopic (exact) mass is 463 g/mol.